The molecule has 0 unspecified atom stereocenters. The smallest absolute Gasteiger partial charge is 0.272 e. The summed E-state index contributed by atoms with van der Waals surface area (Å²) in [4.78, 5) is 21.3. The second-order valence-electron chi connectivity index (χ2n) is 3.00. The highest BCUT2D eigenvalue weighted by molar-refractivity contribution is 6.15. The van der Waals surface area contributed by atoms with Crippen molar-refractivity contribution in [3.63, 3.8) is 0 Å². The Balaban J connectivity index is 2.78. The molecule has 0 aromatic carbocycles. The predicted octanol–water partition coefficient (Wildman–Crippen LogP) is 0.696. The number of rotatable bonds is 0. The zero-order chi connectivity index (χ0) is 9.73. The molecule has 0 aromatic rings. The lowest BCUT2D eigenvalue weighted by Crippen LogP contribution is -2.32. The van der Waals surface area contributed by atoms with Crippen LogP contribution in [0.4, 0.5) is 13.2 Å². The SMILES string of the molecule is CC1(C)C(=O)N1C(=O)C(F)(F)F. The first-order chi connectivity index (χ1) is 5.19. The van der Waals surface area contributed by atoms with Crippen LogP contribution in [0, 0.1) is 0 Å². The third kappa shape index (κ3) is 1.07. The van der Waals surface area contributed by atoms with Crippen LogP contribution in [0.25, 0.3) is 0 Å². The molecule has 0 spiro atoms. The van der Waals surface area contributed by atoms with Gasteiger partial charge < -0.3 is 0 Å². The van der Waals surface area contributed by atoms with Crippen LogP contribution in [0.15, 0.2) is 0 Å². The fourth-order valence-corrected chi connectivity index (χ4v) is 0.858. The number of halogens is 3. The molecule has 0 bridgehead atoms. The van der Waals surface area contributed by atoms with Crippen LogP contribution >= 0.6 is 0 Å². The fraction of sp³-hybridized carbons (Fsp3) is 0.667. The lowest BCUT2D eigenvalue weighted by molar-refractivity contribution is -0.181. The van der Waals surface area contributed by atoms with E-state index in [1.165, 1.54) is 13.8 Å². The Labute approximate surface area is 66.1 Å². The highest BCUT2D eigenvalue weighted by Crippen LogP contribution is 2.37. The van der Waals surface area contributed by atoms with E-state index >= 15 is 0 Å². The number of hydrogen-bond acceptors (Lipinski definition) is 2. The van der Waals surface area contributed by atoms with E-state index in [-0.39, 0.29) is 4.90 Å². The maximum atomic E-state index is 11.7. The Morgan fingerprint density at radius 1 is 1.42 bits per heavy atom. The van der Waals surface area contributed by atoms with Gasteiger partial charge in [0.05, 0.1) is 0 Å². The van der Waals surface area contributed by atoms with Gasteiger partial charge in [-0.25, -0.2) is 0 Å². The molecule has 6 heteroatoms. The number of amides is 2. The maximum Gasteiger partial charge on any atom is 0.471 e. The van der Waals surface area contributed by atoms with E-state index in [0.29, 0.717) is 0 Å². The van der Waals surface area contributed by atoms with E-state index in [2.05, 4.69) is 0 Å². The predicted molar refractivity (Wildman–Crippen MR) is 32.0 cm³/mol. The van der Waals surface area contributed by atoms with E-state index < -0.39 is 23.5 Å². The van der Waals surface area contributed by atoms with Crippen molar-refractivity contribution in [3.05, 3.63) is 0 Å². The topological polar surface area (TPSA) is 37.1 Å². The summed E-state index contributed by atoms with van der Waals surface area (Å²) in [6.07, 6.45) is -4.95. The Morgan fingerprint density at radius 2 is 1.75 bits per heavy atom. The molecule has 12 heavy (non-hydrogen) atoms. The van der Waals surface area contributed by atoms with Crippen LogP contribution < -0.4 is 0 Å². The molecule has 2 amide bonds. The molecule has 68 valence electrons. The van der Waals surface area contributed by atoms with Gasteiger partial charge >= 0.3 is 12.1 Å². The molecule has 1 saturated heterocycles. The molecule has 0 N–H and O–H groups in total. The van der Waals surface area contributed by atoms with Gasteiger partial charge in [0.2, 0.25) is 0 Å². The summed E-state index contributed by atoms with van der Waals surface area (Å²) in [5.41, 5.74) is -1.27. The molecular weight excluding hydrogens is 175 g/mol. The van der Waals surface area contributed by atoms with Crippen LogP contribution in [-0.2, 0) is 9.59 Å². The van der Waals surface area contributed by atoms with Gasteiger partial charge in [0, 0.05) is 0 Å². The monoisotopic (exact) mass is 181 g/mol. The van der Waals surface area contributed by atoms with Crippen molar-refractivity contribution in [2.24, 2.45) is 0 Å². The molecule has 1 aliphatic heterocycles. The standard InChI is InChI=1S/C6H6F3NO2/c1-5(2)3(11)10(5)4(12)6(7,8)9/h1-2H3. The van der Waals surface area contributed by atoms with Gasteiger partial charge in [-0.1, -0.05) is 0 Å². The van der Waals surface area contributed by atoms with Gasteiger partial charge in [-0.2, -0.15) is 13.2 Å². The Bertz CT molecular complexity index is 256. The first-order valence-electron chi connectivity index (χ1n) is 3.15. The zero-order valence-corrected chi connectivity index (χ0v) is 6.40. The summed E-state index contributed by atoms with van der Waals surface area (Å²) < 4.78 is 35.1. The van der Waals surface area contributed by atoms with Crippen molar-refractivity contribution >= 4 is 11.8 Å². The van der Waals surface area contributed by atoms with Gasteiger partial charge in [-0.05, 0) is 13.8 Å². The molecule has 1 fully saturated rings. The lowest BCUT2D eigenvalue weighted by atomic mass is 10.2. The summed E-state index contributed by atoms with van der Waals surface area (Å²) in [5.74, 6) is -2.87. The van der Waals surface area contributed by atoms with Gasteiger partial charge in [0.15, 0.2) is 0 Å². The largest absolute Gasteiger partial charge is 0.471 e. The average molecular weight is 181 g/mol. The van der Waals surface area contributed by atoms with Crippen molar-refractivity contribution in [1.29, 1.82) is 0 Å². The molecule has 0 aromatic heterocycles. The second-order valence-corrected chi connectivity index (χ2v) is 3.00. The van der Waals surface area contributed by atoms with Gasteiger partial charge in [-0.3, -0.25) is 14.5 Å². The second kappa shape index (κ2) is 1.99. The average Bonchev–Trinajstić information content (AvgIpc) is 2.30. The van der Waals surface area contributed by atoms with Crippen molar-refractivity contribution < 1.29 is 22.8 Å². The minimum atomic E-state index is -4.95. The Kier molecular flexibility index (Phi) is 1.50. The molecule has 1 rings (SSSR count). The molecule has 1 aliphatic rings. The van der Waals surface area contributed by atoms with Gasteiger partial charge in [-0.15, -0.1) is 0 Å². The first-order valence-corrected chi connectivity index (χ1v) is 3.15. The maximum absolute atomic E-state index is 11.7. The normalized spacial score (nSPS) is 21.1. The van der Waals surface area contributed by atoms with Crippen molar-refractivity contribution in [3.8, 4) is 0 Å². The van der Waals surface area contributed by atoms with Crippen LogP contribution in [0.3, 0.4) is 0 Å². The van der Waals surface area contributed by atoms with Crippen molar-refractivity contribution in [2.75, 3.05) is 0 Å². The summed E-state index contributed by atoms with van der Waals surface area (Å²) in [6.45, 7) is 2.53. The molecule has 0 radical (unpaired) electrons. The number of alkyl halides is 3. The number of nitrogens with zero attached hydrogens (tertiary/aromatic N) is 1. The van der Waals surface area contributed by atoms with E-state index in [1.54, 1.807) is 0 Å². The van der Waals surface area contributed by atoms with E-state index in [9.17, 15) is 22.8 Å². The summed E-state index contributed by atoms with van der Waals surface area (Å²) in [6, 6.07) is 0. The van der Waals surface area contributed by atoms with E-state index in [4.69, 9.17) is 0 Å². The highest BCUT2D eigenvalue weighted by Gasteiger charge is 2.64. The minimum Gasteiger partial charge on any atom is -0.272 e. The third-order valence-electron chi connectivity index (χ3n) is 1.68. The summed E-state index contributed by atoms with van der Waals surface area (Å²) in [7, 11) is 0. The van der Waals surface area contributed by atoms with Crippen LogP contribution in [0.5, 0.6) is 0 Å². The molecular formula is C6H6F3NO2. The van der Waals surface area contributed by atoms with Crippen LogP contribution in [0.1, 0.15) is 13.8 Å². The summed E-state index contributed by atoms with van der Waals surface area (Å²) in [5, 5.41) is 0. The van der Waals surface area contributed by atoms with Crippen molar-refractivity contribution in [1.82, 2.24) is 4.90 Å². The lowest BCUT2D eigenvalue weighted by Gasteiger charge is -2.06. The zero-order valence-electron chi connectivity index (χ0n) is 6.40. The van der Waals surface area contributed by atoms with Crippen molar-refractivity contribution in [2.45, 2.75) is 25.6 Å². The quantitative estimate of drug-likeness (QED) is 0.516. The molecule has 1 heterocycles. The van der Waals surface area contributed by atoms with E-state index in [0.717, 1.165) is 0 Å². The number of hydrogen-bond donors (Lipinski definition) is 0. The Hall–Kier alpha value is -1.07. The number of carbonyl (C=O) groups is 2. The minimum absolute atomic E-state index is 0.201. The first kappa shape index (κ1) is 9.02. The van der Waals surface area contributed by atoms with Gasteiger partial charge in [0.25, 0.3) is 5.91 Å². The third-order valence-corrected chi connectivity index (χ3v) is 1.68. The van der Waals surface area contributed by atoms with Crippen LogP contribution in [-0.4, -0.2) is 28.4 Å². The van der Waals surface area contributed by atoms with E-state index in [1.807, 2.05) is 0 Å². The van der Waals surface area contributed by atoms with Crippen LogP contribution in [0.2, 0.25) is 0 Å². The number of carbonyl (C=O) groups excluding carboxylic acids is 2. The molecule has 0 saturated carbocycles. The molecule has 0 atom stereocenters. The molecule has 0 aliphatic carbocycles. The number of imide groups is 1. The Morgan fingerprint density at radius 3 is 1.83 bits per heavy atom. The molecule has 3 nitrogen and oxygen atoms in total. The fourth-order valence-electron chi connectivity index (χ4n) is 0.858. The summed E-state index contributed by atoms with van der Waals surface area (Å²) >= 11 is 0. The van der Waals surface area contributed by atoms with Gasteiger partial charge in [0.1, 0.15) is 5.54 Å². The highest BCUT2D eigenvalue weighted by atomic mass is 19.4.